The van der Waals surface area contributed by atoms with Gasteiger partial charge in [0, 0.05) is 24.6 Å². The summed E-state index contributed by atoms with van der Waals surface area (Å²) in [6.07, 6.45) is 2.85. The van der Waals surface area contributed by atoms with Gasteiger partial charge in [-0.2, -0.15) is 8.78 Å². The summed E-state index contributed by atoms with van der Waals surface area (Å²) in [6, 6.07) is 5.97. The fraction of sp³-hybridized carbons (Fsp3) is 0.650. The normalized spacial score (nSPS) is 17.3. The minimum absolute atomic E-state index is 0.0477. The maximum absolute atomic E-state index is 12.7. The summed E-state index contributed by atoms with van der Waals surface area (Å²) in [4.78, 5) is 12.7. The first-order chi connectivity index (χ1) is 13.8. The van der Waals surface area contributed by atoms with Gasteiger partial charge in [-0.05, 0) is 31.7 Å². The Morgan fingerprint density at radius 1 is 1.24 bits per heavy atom. The van der Waals surface area contributed by atoms with Crippen LogP contribution in [-0.4, -0.2) is 44.1 Å². The summed E-state index contributed by atoms with van der Waals surface area (Å²) in [5.74, 6) is -0.301. The SMILES string of the molecule is CCCCS(=O)(=O)N1CCC(C(=O)NC(CC)c2ccccc2OC(F)F)CC1. The van der Waals surface area contributed by atoms with E-state index in [1.54, 1.807) is 18.2 Å². The van der Waals surface area contributed by atoms with Gasteiger partial charge in [0.2, 0.25) is 15.9 Å². The van der Waals surface area contributed by atoms with Crippen LogP contribution in [0.2, 0.25) is 0 Å². The van der Waals surface area contributed by atoms with Crippen molar-refractivity contribution in [2.24, 2.45) is 5.92 Å². The van der Waals surface area contributed by atoms with E-state index in [9.17, 15) is 22.0 Å². The van der Waals surface area contributed by atoms with Gasteiger partial charge in [-0.25, -0.2) is 12.7 Å². The van der Waals surface area contributed by atoms with Crippen molar-refractivity contribution in [1.29, 1.82) is 0 Å². The number of nitrogens with one attached hydrogen (secondary N) is 1. The van der Waals surface area contributed by atoms with E-state index in [0.29, 0.717) is 44.3 Å². The van der Waals surface area contributed by atoms with Crippen LogP contribution in [-0.2, 0) is 14.8 Å². The molecule has 1 aromatic carbocycles. The number of benzene rings is 1. The second-order valence-corrected chi connectivity index (χ2v) is 9.32. The van der Waals surface area contributed by atoms with E-state index >= 15 is 0 Å². The molecule has 1 aliphatic rings. The maximum atomic E-state index is 12.7. The number of para-hydroxylation sites is 1. The lowest BCUT2D eigenvalue weighted by Crippen LogP contribution is -2.44. The van der Waals surface area contributed by atoms with Crippen molar-refractivity contribution in [3.05, 3.63) is 29.8 Å². The summed E-state index contributed by atoms with van der Waals surface area (Å²) in [6.45, 7) is 1.51. The Morgan fingerprint density at radius 3 is 2.48 bits per heavy atom. The fourth-order valence-electron chi connectivity index (χ4n) is 3.51. The van der Waals surface area contributed by atoms with Crippen molar-refractivity contribution < 1.29 is 26.7 Å². The summed E-state index contributed by atoms with van der Waals surface area (Å²) in [5, 5.41) is 2.92. The second-order valence-electron chi connectivity index (χ2n) is 7.23. The van der Waals surface area contributed by atoms with Crippen molar-refractivity contribution in [2.45, 2.75) is 58.6 Å². The number of hydrogen-bond donors (Lipinski definition) is 1. The number of unbranched alkanes of at least 4 members (excludes halogenated alkanes) is 1. The molecule has 1 heterocycles. The van der Waals surface area contributed by atoms with Crippen LogP contribution in [0.15, 0.2) is 24.3 Å². The number of ether oxygens (including phenoxy) is 1. The van der Waals surface area contributed by atoms with Crippen LogP contribution in [0.1, 0.15) is 57.6 Å². The van der Waals surface area contributed by atoms with E-state index in [-0.39, 0.29) is 23.3 Å². The van der Waals surface area contributed by atoms with Crippen molar-refractivity contribution in [1.82, 2.24) is 9.62 Å². The Kier molecular flexibility index (Phi) is 8.82. The number of hydrogen-bond acceptors (Lipinski definition) is 4. The van der Waals surface area contributed by atoms with Gasteiger partial charge in [0.1, 0.15) is 5.75 Å². The zero-order chi connectivity index (χ0) is 21.4. The molecule has 1 atom stereocenters. The Morgan fingerprint density at radius 2 is 1.90 bits per heavy atom. The largest absolute Gasteiger partial charge is 0.434 e. The molecule has 0 aliphatic carbocycles. The lowest BCUT2D eigenvalue weighted by atomic mass is 9.95. The molecular weight excluding hydrogens is 402 g/mol. The molecule has 1 amide bonds. The van der Waals surface area contributed by atoms with Crippen LogP contribution in [0.4, 0.5) is 8.78 Å². The first kappa shape index (κ1) is 23.5. The molecule has 29 heavy (non-hydrogen) atoms. The molecule has 1 aromatic rings. The molecule has 9 heteroatoms. The van der Waals surface area contributed by atoms with E-state index in [0.717, 1.165) is 6.42 Å². The Bertz CT molecular complexity index is 765. The standard InChI is InChI=1S/C20H30F2N2O4S/c1-3-5-14-29(26,27)24-12-10-15(11-13-24)19(25)23-17(4-2)16-8-6-7-9-18(16)28-20(21)22/h6-9,15,17,20H,3-5,10-14H2,1-2H3,(H,23,25). The molecule has 1 N–H and O–H groups in total. The second kappa shape index (κ2) is 10.9. The number of nitrogens with zero attached hydrogens (tertiary/aromatic N) is 1. The number of carbonyl (C=O) groups excluding carboxylic acids is 1. The molecule has 0 bridgehead atoms. The molecule has 0 aromatic heterocycles. The minimum atomic E-state index is -3.27. The summed E-state index contributed by atoms with van der Waals surface area (Å²) in [7, 11) is -3.27. The molecule has 1 aliphatic heterocycles. The van der Waals surface area contributed by atoms with Crippen LogP contribution < -0.4 is 10.1 Å². The third kappa shape index (κ3) is 6.64. The van der Waals surface area contributed by atoms with Crippen LogP contribution >= 0.6 is 0 Å². The monoisotopic (exact) mass is 432 g/mol. The highest BCUT2D eigenvalue weighted by Gasteiger charge is 2.31. The minimum Gasteiger partial charge on any atom is -0.434 e. The molecular formula is C20H30F2N2O4S. The van der Waals surface area contributed by atoms with Crippen LogP contribution in [0.5, 0.6) is 5.75 Å². The zero-order valence-corrected chi connectivity index (χ0v) is 17.8. The number of halogens is 2. The first-order valence-electron chi connectivity index (χ1n) is 10.1. The highest BCUT2D eigenvalue weighted by molar-refractivity contribution is 7.89. The van der Waals surface area contributed by atoms with Gasteiger partial charge in [-0.1, -0.05) is 38.5 Å². The van der Waals surface area contributed by atoms with Gasteiger partial charge < -0.3 is 10.1 Å². The van der Waals surface area contributed by atoms with Crippen LogP contribution in [0.3, 0.4) is 0 Å². The quantitative estimate of drug-likeness (QED) is 0.612. The third-order valence-corrected chi connectivity index (χ3v) is 7.17. The van der Waals surface area contributed by atoms with Gasteiger partial charge in [-0.3, -0.25) is 4.79 Å². The number of alkyl halides is 2. The van der Waals surface area contributed by atoms with Gasteiger partial charge in [0.25, 0.3) is 0 Å². The molecule has 1 saturated heterocycles. The van der Waals surface area contributed by atoms with E-state index in [1.807, 2.05) is 13.8 Å². The van der Waals surface area contributed by atoms with Crippen molar-refractivity contribution in [2.75, 3.05) is 18.8 Å². The van der Waals surface area contributed by atoms with Crippen molar-refractivity contribution in [3.63, 3.8) is 0 Å². The fourth-order valence-corrected chi connectivity index (χ4v) is 5.19. The lowest BCUT2D eigenvalue weighted by Gasteiger charge is -2.31. The highest BCUT2D eigenvalue weighted by atomic mass is 32.2. The Balaban J connectivity index is 1.98. The summed E-state index contributed by atoms with van der Waals surface area (Å²) < 4.78 is 56.0. The maximum Gasteiger partial charge on any atom is 0.387 e. The predicted octanol–water partition coefficient (Wildman–Crippen LogP) is 3.70. The van der Waals surface area contributed by atoms with E-state index < -0.39 is 22.7 Å². The molecule has 0 saturated carbocycles. The van der Waals surface area contributed by atoms with Gasteiger partial charge in [0.15, 0.2) is 0 Å². The number of rotatable bonds is 10. The van der Waals surface area contributed by atoms with Crippen LogP contribution in [0, 0.1) is 5.92 Å². The highest BCUT2D eigenvalue weighted by Crippen LogP contribution is 2.29. The molecule has 1 unspecified atom stereocenters. The summed E-state index contributed by atoms with van der Waals surface area (Å²) in [5.41, 5.74) is 0.503. The zero-order valence-electron chi connectivity index (χ0n) is 16.9. The average molecular weight is 433 g/mol. The van der Waals surface area contributed by atoms with Gasteiger partial charge in [-0.15, -0.1) is 0 Å². The number of piperidine rings is 1. The van der Waals surface area contributed by atoms with Gasteiger partial charge >= 0.3 is 6.61 Å². The Hall–Kier alpha value is -1.74. The molecule has 164 valence electrons. The smallest absolute Gasteiger partial charge is 0.387 e. The molecule has 1 fully saturated rings. The van der Waals surface area contributed by atoms with E-state index in [1.165, 1.54) is 10.4 Å². The molecule has 6 nitrogen and oxygen atoms in total. The Labute approximate surface area is 171 Å². The van der Waals surface area contributed by atoms with E-state index in [2.05, 4.69) is 10.1 Å². The van der Waals surface area contributed by atoms with E-state index in [4.69, 9.17) is 0 Å². The van der Waals surface area contributed by atoms with Crippen molar-refractivity contribution >= 4 is 15.9 Å². The average Bonchev–Trinajstić information content (AvgIpc) is 2.70. The molecule has 0 spiro atoms. The van der Waals surface area contributed by atoms with Crippen LogP contribution in [0.25, 0.3) is 0 Å². The molecule has 2 rings (SSSR count). The first-order valence-corrected chi connectivity index (χ1v) is 11.7. The number of amides is 1. The lowest BCUT2D eigenvalue weighted by molar-refractivity contribution is -0.126. The third-order valence-electron chi connectivity index (χ3n) is 5.21. The van der Waals surface area contributed by atoms with Crippen molar-refractivity contribution in [3.8, 4) is 5.75 Å². The summed E-state index contributed by atoms with van der Waals surface area (Å²) >= 11 is 0. The van der Waals surface area contributed by atoms with Gasteiger partial charge in [0.05, 0.1) is 11.8 Å². The number of sulfonamides is 1. The number of carbonyl (C=O) groups is 1. The molecule has 0 radical (unpaired) electrons. The predicted molar refractivity (Wildman–Crippen MR) is 107 cm³/mol. The topological polar surface area (TPSA) is 75.7 Å².